The number of nitrogens with zero attached hydrogens (tertiary/aromatic N) is 4. The fourth-order valence-electron chi connectivity index (χ4n) is 9.44. The van der Waals surface area contributed by atoms with Gasteiger partial charge in [0.15, 0.2) is 11.6 Å². The van der Waals surface area contributed by atoms with Crippen molar-refractivity contribution in [1.29, 1.82) is 0 Å². The second-order valence-electron chi connectivity index (χ2n) is 15.6. The molecule has 0 aliphatic carbocycles. The molecule has 0 fully saturated rings. The molecule has 0 saturated carbocycles. The van der Waals surface area contributed by atoms with Crippen molar-refractivity contribution in [3.8, 4) is 39.9 Å². The molecule has 3 aromatic heterocycles. The first-order chi connectivity index (χ1) is 29.7. The van der Waals surface area contributed by atoms with Crippen molar-refractivity contribution in [1.82, 2.24) is 19.5 Å². The lowest BCUT2D eigenvalue weighted by Gasteiger charge is -2.15. The molecule has 13 rings (SSSR count). The zero-order chi connectivity index (χ0) is 39.3. The number of aromatic nitrogens is 4. The molecule has 0 spiro atoms. The predicted octanol–water partition coefficient (Wildman–Crippen LogP) is 14.5. The van der Waals surface area contributed by atoms with Crippen molar-refractivity contribution < 1.29 is 4.42 Å². The lowest BCUT2D eigenvalue weighted by molar-refractivity contribution is 0.669. The van der Waals surface area contributed by atoms with Gasteiger partial charge in [-0.25, -0.2) is 4.98 Å². The lowest BCUT2D eigenvalue weighted by Crippen LogP contribution is -2.07. The van der Waals surface area contributed by atoms with Crippen molar-refractivity contribution in [3.63, 3.8) is 0 Å². The van der Waals surface area contributed by atoms with E-state index in [-0.39, 0.29) is 0 Å². The van der Waals surface area contributed by atoms with Gasteiger partial charge in [0, 0.05) is 32.7 Å². The zero-order valence-electron chi connectivity index (χ0n) is 32.2. The van der Waals surface area contributed by atoms with E-state index in [1.165, 1.54) is 37.7 Å². The van der Waals surface area contributed by atoms with Crippen molar-refractivity contribution in [2.75, 3.05) is 0 Å². The second kappa shape index (κ2) is 12.7. The van der Waals surface area contributed by atoms with E-state index in [1.807, 2.05) is 6.07 Å². The van der Waals surface area contributed by atoms with Crippen LogP contribution in [0.15, 0.2) is 199 Å². The van der Waals surface area contributed by atoms with Crippen LogP contribution in [0.4, 0.5) is 0 Å². The van der Waals surface area contributed by atoms with Gasteiger partial charge in [-0.15, -0.1) is 0 Å². The van der Waals surface area contributed by atoms with E-state index >= 15 is 0 Å². The molecular formula is C55H32N4O. The topological polar surface area (TPSA) is 56.7 Å². The summed E-state index contributed by atoms with van der Waals surface area (Å²) in [6, 6.07) is 68.6. The third-order valence-electron chi connectivity index (χ3n) is 12.2. The Morgan fingerprint density at radius 3 is 1.60 bits per heavy atom. The molecule has 3 heterocycles. The molecule has 13 aromatic rings. The fourth-order valence-corrected chi connectivity index (χ4v) is 9.44. The van der Waals surface area contributed by atoms with E-state index in [2.05, 4.69) is 193 Å². The maximum Gasteiger partial charge on any atom is 0.238 e. The fraction of sp³-hybridized carbons (Fsp3) is 0. The second-order valence-corrected chi connectivity index (χ2v) is 15.6. The molecule has 5 nitrogen and oxygen atoms in total. The Hall–Kier alpha value is -8.15. The summed E-state index contributed by atoms with van der Waals surface area (Å²) in [6.45, 7) is 0. The van der Waals surface area contributed by atoms with Gasteiger partial charge in [0.25, 0.3) is 0 Å². The highest BCUT2D eigenvalue weighted by Crippen LogP contribution is 2.42. The van der Waals surface area contributed by atoms with Crippen LogP contribution in [-0.2, 0) is 0 Å². The molecule has 0 radical (unpaired) electrons. The average Bonchev–Trinajstić information content (AvgIpc) is 3.85. The van der Waals surface area contributed by atoms with Crippen LogP contribution in [0.5, 0.6) is 0 Å². The van der Waals surface area contributed by atoms with E-state index in [1.54, 1.807) is 0 Å². The van der Waals surface area contributed by atoms with Gasteiger partial charge in [0.2, 0.25) is 5.95 Å². The highest BCUT2D eigenvalue weighted by molar-refractivity contribution is 6.28. The number of hydrogen-bond acceptors (Lipinski definition) is 4. The van der Waals surface area contributed by atoms with E-state index < -0.39 is 0 Å². The first-order valence-electron chi connectivity index (χ1n) is 20.3. The molecule has 60 heavy (non-hydrogen) atoms. The van der Waals surface area contributed by atoms with Crippen LogP contribution in [0.25, 0.3) is 127 Å². The number of hydrogen-bond donors (Lipinski definition) is 0. The third kappa shape index (κ3) is 4.90. The predicted molar refractivity (Wildman–Crippen MR) is 248 cm³/mol. The molecule has 10 aromatic carbocycles. The number of fused-ring (bicyclic) bond motifs is 12. The number of benzene rings is 10. The van der Waals surface area contributed by atoms with Crippen molar-refractivity contribution in [3.05, 3.63) is 194 Å². The zero-order valence-corrected chi connectivity index (χ0v) is 32.2. The van der Waals surface area contributed by atoms with Crippen LogP contribution in [0, 0.1) is 0 Å². The molecule has 0 atom stereocenters. The largest absolute Gasteiger partial charge is 0.456 e. The quantitative estimate of drug-likeness (QED) is 0.179. The molecule has 0 amide bonds. The molecule has 0 aliphatic rings. The maximum absolute atomic E-state index is 6.45. The van der Waals surface area contributed by atoms with Crippen LogP contribution >= 0.6 is 0 Å². The Labute approximate surface area is 343 Å². The first kappa shape index (κ1) is 32.9. The summed E-state index contributed by atoms with van der Waals surface area (Å²) >= 11 is 0. The van der Waals surface area contributed by atoms with Crippen molar-refractivity contribution in [2.24, 2.45) is 0 Å². The highest BCUT2D eigenvalue weighted by Gasteiger charge is 2.23. The minimum atomic E-state index is 0.552. The Balaban J connectivity index is 1.16. The Morgan fingerprint density at radius 1 is 0.350 bits per heavy atom. The van der Waals surface area contributed by atoms with Crippen LogP contribution in [0.2, 0.25) is 0 Å². The molecule has 0 N–H and O–H groups in total. The Morgan fingerprint density at radius 2 is 0.900 bits per heavy atom. The Bertz CT molecular complexity index is 3810. The van der Waals surface area contributed by atoms with Crippen molar-refractivity contribution in [2.45, 2.75) is 0 Å². The SMILES string of the molecule is c1ccc(-c2ccc3ccccc3c2-c2nc(-c3ccc4oc5cc6ccccc6cc5c4c3)nc(-n3c4ccc5ccccc5c4c4c5ccccc5ccc43)n2)cc1. The normalized spacial score (nSPS) is 12.0. The summed E-state index contributed by atoms with van der Waals surface area (Å²) in [4.78, 5) is 16.4. The summed E-state index contributed by atoms with van der Waals surface area (Å²) in [5.41, 5.74) is 7.73. The van der Waals surface area contributed by atoms with Crippen molar-refractivity contribution >= 4 is 86.8 Å². The minimum absolute atomic E-state index is 0.552. The monoisotopic (exact) mass is 764 g/mol. The minimum Gasteiger partial charge on any atom is -0.456 e. The van der Waals surface area contributed by atoms with Gasteiger partial charge < -0.3 is 4.42 Å². The molecule has 5 heteroatoms. The standard InChI is InChI=1S/C55H32N4O/c1-2-12-33(13-3-1)43-26-22-34-14-6-9-19-40(34)50(43)54-56-53(39-25-29-48-44(31-39)45-30-37-17-4-5-18-38(37)32-49(45)60-48)57-55(58-54)59-46-27-23-35-15-7-10-20-41(35)51(46)52-42-21-11-8-16-36(42)24-28-47(52)59/h1-32H. The van der Waals surface area contributed by atoms with Crippen LogP contribution in [0.1, 0.15) is 0 Å². The van der Waals surface area contributed by atoms with Gasteiger partial charge in [-0.2, -0.15) is 9.97 Å². The Kier molecular flexibility index (Phi) is 6.95. The maximum atomic E-state index is 6.45. The summed E-state index contributed by atoms with van der Waals surface area (Å²) in [6.07, 6.45) is 0. The summed E-state index contributed by atoms with van der Waals surface area (Å²) in [5, 5.41) is 13.7. The van der Waals surface area contributed by atoms with Gasteiger partial charge >= 0.3 is 0 Å². The van der Waals surface area contributed by atoms with E-state index in [9.17, 15) is 0 Å². The molecule has 0 aliphatic heterocycles. The summed E-state index contributed by atoms with van der Waals surface area (Å²) in [7, 11) is 0. The molecule has 0 saturated heterocycles. The number of rotatable bonds is 4. The van der Waals surface area contributed by atoms with Crippen LogP contribution in [0.3, 0.4) is 0 Å². The van der Waals surface area contributed by atoms with Crippen LogP contribution < -0.4 is 0 Å². The first-order valence-corrected chi connectivity index (χ1v) is 20.3. The van der Waals surface area contributed by atoms with Gasteiger partial charge in [-0.3, -0.25) is 4.57 Å². The smallest absolute Gasteiger partial charge is 0.238 e. The molecule has 278 valence electrons. The summed E-state index contributed by atoms with van der Waals surface area (Å²) in [5.74, 6) is 1.73. The van der Waals surface area contributed by atoms with E-state index in [0.29, 0.717) is 17.6 Å². The van der Waals surface area contributed by atoms with Gasteiger partial charge in [0.1, 0.15) is 11.2 Å². The number of furan rings is 1. The van der Waals surface area contributed by atoms with E-state index in [4.69, 9.17) is 19.4 Å². The molecule has 0 unspecified atom stereocenters. The summed E-state index contributed by atoms with van der Waals surface area (Å²) < 4.78 is 8.69. The molecule has 0 bridgehead atoms. The lowest BCUT2D eigenvalue weighted by atomic mass is 9.93. The average molecular weight is 765 g/mol. The molecular weight excluding hydrogens is 733 g/mol. The van der Waals surface area contributed by atoms with E-state index in [0.717, 1.165) is 71.4 Å². The van der Waals surface area contributed by atoms with Gasteiger partial charge in [-0.1, -0.05) is 152 Å². The van der Waals surface area contributed by atoms with Crippen LogP contribution in [-0.4, -0.2) is 19.5 Å². The highest BCUT2D eigenvalue weighted by atomic mass is 16.3. The third-order valence-corrected chi connectivity index (χ3v) is 12.2. The van der Waals surface area contributed by atoms with Gasteiger partial charge in [0.05, 0.1) is 11.0 Å². The van der Waals surface area contributed by atoms with Gasteiger partial charge in [-0.05, 0) is 96.7 Å².